The van der Waals surface area contributed by atoms with Crippen LogP contribution in [0, 0.1) is 6.92 Å². The molecule has 1 heterocycles. The van der Waals surface area contributed by atoms with Crippen molar-refractivity contribution in [3.05, 3.63) is 47.3 Å². The van der Waals surface area contributed by atoms with Crippen molar-refractivity contribution in [2.24, 2.45) is 0 Å². The molecule has 7 heteroatoms. The number of hydrogen-bond acceptors (Lipinski definition) is 5. The predicted octanol–water partition coefficient (Wildman–Crippen LogP) is 1.18. The largest absolute Gasteiger partial charge is 0.360 e. The van der Waals surface area contributed by atoms with E-state index < -0.39 is 10.0 Å². The molecule has 0 saturated carbocycles. The van der Waals surface area contributed by atoms with Gasteiger partial charge in [0.2, 0.25) is 10.0 Å². The van der Waals surface area contributed by atoms with Crippen molar-refractivity contribution in [3.8, 4) is 0 Å². The van der Waals surface area contributed by atoms with E-state index in [0.717, 1.165) is 5.56 Å². The lowest BCUT2D eigenvalue weighted by Gasteiger charge is -2.10. The minimum atomic E-state index is -3.57. The van der Waals surface area contributed by atoms with Crippen molar-refractivity contribution in [1.82, 2.24) is 15.2 Å². The summed E-state index contributed by atoms with van der Waals surface area (Å²) in [5.74, 6) is 0.470. The summed E-state index contributed by atoms with van der Waals surface area (Å²) in [5, 5.41) is 6.53. The van der Waals surface area contributed by atoms with Gasteiger partial charge < -0.3 is 9.84 Å². The molecule has 2 rings (SSSR count). The molecule has 0 unspecified atom stereocenters. The van der Waals surface area contributed by atoms with Crippen LogP contribution in [0.1, 0.15) is 16.9 Å². The smallest absolute Gasteiger partial charge is 0.241 e. The van der Waals surface area contributed by atoms with Gasteiger partial charge in [0.15, 0.2) is 5.76 Å². The van der Waals surface area contributed by atoms with Crippen LogP contribution in [0.15, 0.2) is 39.9 Å². The monoisotopic (exact) mass is 295 g/mol. The molecule has 0 aliphatic carbocycles. The first-order valence-corrected chi connectivity index (χ1v) is 7.64. The molecule has 0 bridgehead atoms. The highest BCUT2D eigenvalue weighted by atomic mass is 32.2. The first kappa shape index (κ1) is 14.7. The molecule has 0 saturated heterocycles. The highest BCUT2D eigenvalue weighted by Crippen LogP contribution is 2.17. The van der Waals surface area contributed by atoms with Crippen LogP contribution in [-0.4, -0.2) is 20.6 Å². The highest BCUT2D eigenvalue weighted by molar-refractivity contribution is 7.89. The first-order valence-electron chi connectivity index (χ1n) is 6.16. The summed E-state index contributed by atoms with van der Waals surface area (Å²) in [4.78, 5) is 0.282. The van der Waals surface area contributed by atoms with E-state index >= 15 is 0 Å². The van der Waals surface area contributed by atoms with E-state index in [2.05, 4.69) is 15.2 Å². The van der Waals surface area contributed by atoms with Crippen LogP contribution in [0.25, 0.3) is 0 Å². The molecular weight excluding hydrogens is 278 g/mol. The lowest BCUT2D eigenvalue weighted by Crippen LogP contribution is -2.24. The molecule has 0 atom stereocenters. The van der Waals surface area contributed by atoms with Crippen LogP contribution in [-0.2, 0) is 23.1 Å². The van der Waals surface area contributed by atoms with Gasteiger partial charge in [0.25, 0.3) is 0 Å². The molecule has 20 heavy (non-hydrogen) atoms. The summed E-state index contributed by atoms with van der Waals surface area (Å²) in [6.45, 7) is 2.47. The molecule has 1 aromatic heterocycles. The van der Waals surface area contributed by atoms with Crippen LogP contribution < -0.4 is 10.0 Å². The summed E-state index contributed by atoms with van der Waals surface area (Å²) in [6.07, 6.45) is 1.47. The molecule has 0 amide bonds. The van der Waals surface area contributed by atoms with Crippen LogP contribution in [0.5, 0.6) is 0 Å². The Morgan fingerprint density at radius 2 is 2.05 bits per heavy atom. The Labute approximate surface area is 118 Å². The van der Waals surface area contributed by atoms with Gasteiger partial charge in [-0.2, -0.15) is 0 Å². The molecule has 1 aromatic carbocycles. The van der Waals surface area contributed by atoms with Crippen LogP contribution in [0.4, 0.5) is 0 Å². The van der Waals surface area contributed by atoms with E-state index in [0.29, 0.717) is 17.9 Å². The number of benzene rings is 1. The standard InChI is InChI=1S/C13H17N3O3S/c1-10-3-4-11(8-14-2)7-13(10)20(17,18)16-9-12-5-6-15-19-12/h3-7,14,16H,8-9H2,1-2H3. The zero-order valence-corrected chi connectivity index (χ0v) is 12.2. The molecule has 2 aromatic rings. The van der Waals surface area contributed by atoms with E-state index in [-0.39, 0.29) is 11.4 Å². The minimum absolute atomic E-state index is 0.0814. The Bertz CT molecular complexity index is 666. The van der Waals surface area contributed by atoms with Crippen molar-refractivity contribution in [1.29, 1.82) is 0 Å². The van der Waals surface area contributed by atoms with Crippen molar-refractivity contribution in [2.45, 2.75) is 24.9 Å². The summed E-state index contributed by atoms with van der Waals surface area (Å²) in [6, 6.07) is 7.00. The van der Waals surface area contributed by atoms with Gasteiger partial charge >= 0.3 is 0 Å². The second kappa shape index (κ2) is 6.17. The van der Waals surface area contributed by atoms with Crippen molar-refractivity contribution in [3.63, 3.8) is 0 Å². The van der Waals surface area contributed by atoms with Crippen LogP contribution in [0.2, 0.25) is 0 Å². The zero-order chi connectivity index (χ0) is 14.6. The lowest BCUT2D eigenvalue weighted by atomic mass is 10.1. The van der Waals surface area contributed by atoms with E-state index in [1.54, 1.807) is 25.1 Å². The summed E-state index contributed by atoms with van der Waals surface area (Å²) in [7, 11) is -1.76. The fraction of sp³-hybridized carbons (Fsp3) is 0.308. The molecule has 0 aliphatic heterocycles. The third kappa shape index (κ3) is 3.44. The number of aromatic nitrogens is 1. The average molecular weight is 295 g/mol. The van der Waals surface area contributed by atoms with Crippen molar-refractivity contribution < 1.29 is 12.9 Å². The van der Waals surface area contributed by atoms with Gasteiger partial charge in [-0.15, -0.1) is 0 Å². The van der Waals surface area contributed by atoms with E-state index in [9.17, 15) is 8.42 Å². The van der Waals surface area contributed by atoms with E-state index in [4.69, 9.17) is 4.52 Å². The maximum atomic E-state index is 12.3. The fourth-order valence-corrected chi connectivity index (χ4v) is 3.11. The Balaban J connectivity index is 2.21. The Hall–Kier alpha value is -1.70. The van der Waals surface area contributed by atoms with E-state index in [1.165, 1.54) is 6.20 Å². The molecular formula is C13H17N3O3S. The normalized spacial score (nSPS) is 11.7. The number of aryl methyl sites for hydroxylation is 1. The molecule has 108 valence electrons. The summed E-state index contributed by atoms with van der Waals surface area (Å²) >= 11 is 0. The van der Waals surface area contributed by atoms with Gasteiger partial charge in [0.05, 0.1) is 17.6 Å². The van der Waals surface area contributed by atoms with Gasteiger partial charge in [0.1, 0.15) is 0 Å². The quantitative estimate of drug-likeness (QED) is 0.836. The fourth-order valence-electron chi connectivity index (χ4n) is 1.83. The number of rotatable bonds is 6. The maximum Gasteiger partial charge on any atom is 0.241 e. The minimum Gasteiger partial charge on any atom is -0.360 e. The van der Waals surface area contributed by atoms with E-state index in [1.807, 2.05) is 13.1 Å². The van der Waals surface area contributed by atoms with Gasteiger partial charge in [-0.25, -0.2) is 13.1 Å². The van der Waals surface area contributed by atoms with Gasteiger partial charge in [0, 0.05) is 12.6 Å². The predicted molar refractivity (Wildman–Crippen MR) is 74.5 cm³/mol. The molecule has 0 fully saturated rings. The molecule has 0 radical (unpaired) electrons. The van der Waals surface area contributed by atoms with Gasteiger partial charge in [-0.3, -0.25) is 0 Å². The summed E-state index contributed by atoms with van der Waals surface area (Å²) < 4.78 is 32.0. The average Bonchev–Trinajstić information content (AvgIpc) is 2.92. The highest BCUT2D eigenvalue weighted by Gasteiger charge is 2.17. The molecule has 6 nitrogen and oxygen atoms in total. The molecule has 0 spiro atoms. The third-order valence-corrected chi connectivity index (χ3v) is 4.39. The van der Waals surface area contributed by atoms with Gasteiger partial charge in [-0.05, 0) is 31.2 Å². The number of nitrogens with zero attached hydrogens (tertiary/aromatic N) is 1. The topological polar surface area (TPSA) is 84.2 Å². The Morgan fingerprint density at radius 3 is 2.70 bits per heavy atom. The second-order valence-electron chi connectivity index (χ2n) is 4.43. The Morgan fingerprint density at radius 1 is 1.25 bits per heavy atom. The van der Waals surface area contributed by atoms with Crippen LogP contribution in [0.3, 0.4) is 0 Å². The second-order valence-corrected chi connectivity index (χ2v) is 6.17. The molecule has 2 N–H and O–H groups in total. The van der Waals surface area contributed by atoms with Gasteiger partial charge in [-0.1, -0.05) is 17.3 Å². The maximum absolute atomic E-state index is 12.3. The first-order chi connectivity index (χ1) is 9.53. The number of hydrogen-bond donors (Lipinski definition) is 2. The third-order valence-electron chi connectivity index (χ3n) is 2.85. The SMILES string of the molecule is CNCc1ccc(C)c(S(=O)(=O)NCc2ccno2)c1. The van der Waals surface area contributed by atoms with Crippen LogP contribution >= 0.6 is 0 Å². The summed E-state index contributed by atoms with van der Waals surface area (Å²) in [5.41, 5.74) is 1.62. The zero-order valence-electron chi connectivity index (χ0n) is 11.4. The van der Waals surface area contributed by atoms with Crippen molar-refractivity contribution >= 4 is 10.0 Å². The lowest BCUT2D eigenvalue weighted by molar-refractivity contribution is 0.380. The molecule has 0 aliphatic rings. The van der Waals surface area contributed by atoms with Crippen molar-refractivity contribution in [2.75, 3.05) is 7.05 Å². The number of sulfonamides is 1. The Kier molecular flexibility index (Phi) is 4.53. The number of nitrogens with one attached hydrogen (secondary N) is 2.